The van der Waals surface area contributed by atoms with E-state index < -0.39 is 10.0 Å². The Kier molecular flexibility index (Phi) is 9.07. The Morgan fingerprint density at radius 1 is 1.17 bits per heavy atom. The van der Waals surface area contributed by atoms with E-state index in [9.17, 15) is 13.2 Å². The highest BCUT2D eigenvalue weighted by atomic mass is 32.2. The highest BCUT2D eigenvalue weighted by molar-refractivity contribution is 7.92. The molecule has 164 valence electrons. The monoisotopic (exact) mass is 426 g/mol. The van der Waals surface area contributed by atoms with Crippen molar-refractivity contribution in [3.8, 4) is 11.5 Å². The zero-order chi connectivity index (χ0) is 21.3. The zero-order valence-corrected chi connectivity index (χ0v) is 18.6. The van der Waals surface area contributed by atoms with Crippen molar-refractivity contribution in [3.05, 3.63) is 18.2 Å². The molecular weight excluding hydrogens is 392 g/mol. The van der Waals surface area contributed by atoms with Crippen molar-refractivity contribution in [1.29, 1.82) is 0 Å². The SMILES string of the molecule is CCCC[C@H](CC)CNC(=O)CCCN(c1ccc2c(c1)OCCO2)S(C)(=O)=O. The van der Waals surface area contributed by atoms with Crippen molar-refractivity contribution in [2.75, 3.05) is 36.9 Å². The maximum absolute atomic E-state index is 12.3. The molecule has 0 aliphatic carbocycles. The number of hydrogen-bond acceptors (Lipinski definition) is 5. The maximum Gasteiger partial charge on any atom is 0.232 e. The average molecular weight is 427 g/mol. The van der Waals surface area contributed by atoms with Gasteiger partial charge in [0.05, 0.1) is 11.9 Å². The van der Waals surface area contributed by atoms with Gasteiger partial charge in [-0.15, -0.1) is 0 Å². The molecule has 0 saturated heterocycles. The molecule has 1 aromatic carbocycles. The molecule has 1 amide bonds. The molecule has 1 N–H and O–H groups in total. The first-order chi connectivity index (χ1) is 13.8. The van der Waals surface area contributed by atoms with Gasteiger partial charge < -0.3 is 14.8 Å². The molecule has 0 spiro atoms. The minimum atomic E-state index is -3.48. The number of ether oxygens (including phenoxy) is 2. The van der Waals surface area contributed by atoms with Crippen molar-refractivity contribution in [1.82, 2.24) is 5.32 Å². The molecule has 0 bridgehead atoms. The van der Waals surface area contributed by atoms with E-state index in [1.165, 1.54) is 17.0 Å². The molecular formula is C21H34N2O5S. The third kappa shape index (κ3) is 7.42. The number of carbonyl (C=O) groups is 1. The molecule has 1 aromatic rings. The fourth-order valence-electron chi connectivity index (χ4n) is 3.35. The minimum absolute atomic E-state index is 0.0319. The Labute approximate surface area is 174 Å². The molecule has 0 aromatic heterocycles. The molecule has 7 nitrogen and oxygen atoms in total. The van der Waals surface area contributed by atoms with Crippen molar-refractivity contribution in [2.45, 2.75) is 52.4 Å². The summed E-state index contributed by atoms with van der Waals surface area (Å²) in [6, 6.07) is 5.10. The first-order valence-corrected chi connectivity index (χ1v) is 12.3. The second-order valence-corrected chi connectivity index (χ2v) is 9.39. The predicted octanol–water partition coefficient (Wildman–Crippen LogP) is 3.34. The van der Waals surface area contributed by atoms with Gasteiger partial charge in [-0.1, -0.05) is 33.1 Å². The normalized spacial score (nSPS) is 14.3. The molecule has 2 rings (SSSR count). The van der Waals surface area contributed by atoms with Gasteiger partial charge >= 0.3 is 0 Å². The van der Waals surface area contributed by atoms with Crippen LogP contribution in [0.3, 0.4) is 0 Å². The van der Waals surface area contributed by atoms with Crippen LogP contribution in [0.1, 0.15) is 52.4 Å². The number of fused-ring (bicyclic) bond motifs is 1. The van der Waals surface area contributed by atoms with E-state index >= 15 is 0 Å². The number of hydrogen-bond donors (Lipinski definition) is 1. The van der Waals surface area contributed by atoms with Crippen LogP contribution >= 0.6 is 0 Å². The lowest BCUT2D eigenvalue weighted by molar-refractivity contribution is -0.121. The van der Waals surface area contributed by atoms with E-state index in [0.717, 1.165) is 19.3 Å². The topological polar surface area (TPSA) is 84.9 Å². The lowest BCUT2D eigenvalue weighted by Crippen LogP contribution is -2.33. The van der Waals surface area contributed by atoms with E-state index in [2.05, 4.69) is 19.2 Å². The summed E-state index contributed by atoms with van der Waals surface area (Å²) in [5.41, 5.74) is 0.516. The summed E-state index contributed by atoms with van der Waals surface area (Å²) in [7, 11) is -3.48. The smallest absolute Gasteiger partial charge is 0.232 e. The van der Waals surface area contributed by atoms with Gasteiger partial charge in [0.2, 0.25) is 15.9 Å². The van der Waals surface area contributed by atoms with Crippen LogP contribution in [0.5, 0.6) is 11.5 Å². The number of rotatable bonds is 12. The van der Waals surface area contributed by atoms with E-state index in [-0.39, 0.29) is 12.5 Å². The number of nitrogens with zero attached hydrogens (tertiary/aromatic N) is 1. The molecule has 0 unspecified atom stereocenters. The average Bonchev–Trinajstić information content (AvgIpc) is 2.70. The third-order valence-electron chi connectivity index (χ3n) is 5.11. The third-order valence-corrected chi connectivity index (χ3v) is 6.30. The standard InChI is InChI=1S/C21H34N2O5S/c1-4-6-8-17(5-2)16-22-21(24)9-7-12-23(29(3,25)26)18-10-11-19-20(15-18)28-14-13-27-19/h10-11,15,17H,4-9,12-14,16H2,1-3H3,(H,22,24)/t17-/m0/s1. The van der Waals surface area contributed by atoms with Crippen molar-refractivity contribution >= 4 is 21.6 Å². The van der Waals surface area contributed by atoms with Crippen molar-refractivity contribution in [2.24, 2.45) is 5.92 Å². The number of amides is 1. The van der Waals surface area contributed by atoms with Gasteiger partial charge in [0.15, 0.2) is 11.5 Å². The summed E-state index contributed by atoms with van der Waals surface area (Å²) in [6.45, 7) is 6.15. The summed E-state index contributed by atoms with van der Waals surface area (Å²) >= 11 is 0. The molecule has 0 radical (unpaired) electrons. The molecule has 1 atom stereocenters. The van der Waals surface area contributed by atoms with E-state index in [1.54, 1.807) is 18.2 Å². The van der Waals surface area contributed by atoms with E-state index in [4.69, 9.17) is 9.47 Å². The van der Waals surface area contributed by atoms with Crippen molar-refractivity contribution in [3.63, 3.8) is 0 Å². The fraction of sp³-hybridized carbons (Fsp3) is 0.667. The molecule has 1 heterocycles. The van der Waals surface area contributed by atoms with Gasteiger partial charge in [0, 0.05) is 25.6 Å². The van der Waals surface area contributed by atoms with Gasteiger partial charge in [-0.2, -0.15) is 0 Å². The van der Waals surface area contributed by atoms with Gasteiger partial charge in [0.25, 0.3) is 0 Å². The van der Waals surface area contributed by atoms with Gasteiger partial charge in [-0.25, -0.2) is 8.42 Å². The second kappa shape index (κ2) is 11.3. The Morgan fingerprint density at radius 3 is 2.55 bits per heavy atom. The van der Waals surface area contributed by atoms with Crippen LogP contribution in [-0.2, 0) is 14.8 Å². The number of anilines is 1. The summed E-state index contributed by atoms with van der Waals surface area (Å²) in [4.78, 5) is 12.2. The summed E-state index contributed by atoms with van der Waals surface area (Å²) in [6.07, 6.45) is 6.41. The van der Waals surface area contributed by atoms with Crippen LogP contribution in [-0.4, -0.2) is 46.9 Å². The Balaban J connectivity index is 1.89. The number of benzene rings is 1. The molecule has 0 fully saturated rings. The van der Waals surface area contributed by atoms with Crippen LogP contribution in [0.15, 0.2) is 18.2 Å². The van der Waals surface area contributed by atoms with E-state index in [1.807, 2.05) is 0 Å². The summed E-state index contributed by atoms with van der Waals surface area (Å²) in [5, 5.41) is 2.99. The van der Waals surface area contributed by atoms with Crippen LogP contribution in [0.2, 0.25) is 0 Å². The van der Waals surface area contributed by atoms with Gasteiger partial charge in [-0.05, 0) is 30.9 Å². The van der Waals surface area contributed by atoms with Crippen LogP contribution in [0.4, 0.5) is 5.69 Å². The first-order valence-electron chi connectivity index (χ1n) is 10.5. The van der Waals surface area contributed by atoms with Crippen LogP contribution in [0, 0.1) is 5.92 Å². The predicted molar refractivity (Wildman–Crippen MR) is 115 cm³/mol. The number of nitrogens with one attached hydrogen (secondary N) is 1. The second-order valence-electron chi connectivity index (χ2n) is 7.49. The quantitative estimate of drug-likeness (QED) is 0.554. The zero-order valence-electron chi connectivity index (χ0n) is 17.8. The lowest BCUT2D eigenvalue weighted by Gasteiger charge is -2.25. The maximum atomic E-state index is 12.3. The summed E-state index contributed by atoms with van der Waals surface area (Å²) in [5.74, 6) is 1.62. The Hall–Kier alpha value is -1.96. The fourth-order valence-corrected chi connectivity index (χ4v) is 4.30. The minimum Gasteiger partial charge on any atom is -0.486 e. The van der Waals surface area contributed by atoms with Gasteiger partial charge in [0.1, 0.15) is 13.2 Å². The van der Waals surface area contributed by atoms with Gasteiger partial charge in [-0.3, -0.25) is 9.10 Å². The highest BCUT2D eigenvalue weighted by Gasteiger charge is 2.21. The number of unbranched alkanes of at least 4 members (excludes halogenated alkanes) is 1. The number of sulfonamides is 1. The number of carbonyl (C=O) groups excluding carboxylic acids is 1. The molecule has 0 saturated carbocycles. The molecule has 29 heavy (non-hydrogen) atoms. The Bertz CT molecular complexity index is 766. The van der Waals surface area contributed by atoms with Crippen LogP contribution in [0.25, 0.3) is 0 Å². The first kappa shape index (κ1) is 23.3. The Morgan fingerprint density at radius 2 is 1.90 bits per heavy atom. The lowest BCUT2D eigenvalue weighted by atomic mass is 9.99. The molecule has 8 heteroatoms. The van der Waals surface area contributed by atoms with Crippen molar-refractivity contribution < 1.29 is 22.7 Å². The molecule has 1 aliphatic rings. The molecule has 1 aliphatic heterocycles. The van der Waals surface area contributed by atoms with Crippen LogP contribution < -0.4 is 19.1 Å². The van der Waals surface area contributed by atoms with E-state index in [0.29, 0.717) is 55.7 Å². The summed E-state index contributed by atoms with van der Waals surface area (Å²) < 4.78 is 36.9. The largest absolute Gasteiger partial charge is 0.486 e. The highest BCUT2D eigenvalue weighted by Crippen LogP contribution is 2.34.